The lowest BCUT2D eigenvalue weighted by Gasteiger charge is -2.27. The smallest absolute Gasteiger partial charge is 0.0494 e. The number of nitrogens with two attached hydrogens (primary N) is 1. The lowest BCUT2D eigenvalue weighted by molar-refractivity contribution is 0.122. The van der Waals surface area contributed by atoms with E-state index in [2.05, 4.69) is 26.1 Å². The summed E-state index contributed by atoms with van der Waals surface area (Å²) in [6.07, 6.45) is 4.91. The second-order valence-electron chi connectivity index (χ2n) is 6.38. The zero-order valence-electron chi connectivity index (χ0n) is 11.8. The molecule has 1 saturated carbocycles. The van der Waals surface area contributed by atoms with Crippen molar-refractivity contribution in [2.75, 3.05) is 26.3 Å². The molecule has 3 nitrogen and oxygen atoms in total. The SMILES string of the molecule is CC(C)(C)C(N)CCNCCCOCC1CC1. The van der Waals surface area contributed by atoms with Crippen molar-refractivity contribution in [3.05, 3.63) is 0 Å². The molecule has 0 bridgehead atoms. The van der Waals surface area contributed by atoms with Gasteiger partial charge in [-0.15, -0.1) is 0 Å². The molecule has 0 heterocycles. The first kappa shape index (κ1) is 14.9. The Kier molecular flexibility index (Phi) is 6.45. The molecule has 1 rings (SSSR count). The van der Waals surface area contributed by atoms with Gasteiger partial charge >= 0.3 is 0 Å². The molecule has 0 radical (unpaired) electrons. The summed E-state index contributed by atoms with van der Waals surface area (Å²) in [6.45, 7) is 10.5. The molecule has 1 aliphatic rings. The first-order chi connectivity index (χ1) is 8.00. The Balaban J connectivity index is 1.80. The quantitative estimate of drug-likeness (QED) is 0.609. The van der Waals surface area contributed by atoms with E-state index in [0.29, 0.717) is 0 Å². The number of rotatable bonds is 9. The summed E-state index contributed by atoms with van der Waals surface area (Å²) in [7, 11) is 0. The predicted octanol–water partition coefficient (Wildman–Crippen LogP) is 2.16. The van der Waals surface area contributed by atoms with E-state index in [4.69, 9.17) is 10.5 Å². The molecule has 1 fully saturated rings. The van der Waals surface area contributed by atoms with Crippen LogP contribution in [0.3, 0.4) is 0 Å². The van der Waals surface area contributed by atoms with Crippen LogP contribution in [0, 0.1) is 11.3 Å². The van der Waals surface area contributed by atoms with Gasteiger partial charge in [0.25, 0.3) is 0 Å². The fraction of sp³-hybridized carbons (Fsp3) is 1.00. The highest BCUT2D eigenvalue weighted by Gasteiger charge is 2.21. The molecule has 17 heavy (non-hydrogen) atoms. The van der Waals surface area contributed by atoms with E-state index in [1.54, 1.807) is 0 Å². The van der Waals surface area contributed by atoms with Gasteiger partial charge in [0.15, 0.2) is 0 Å². The zero-order valence-corrected chi connectivity index (χ0v) is 11.8. The largest absolute Gasteiger partial charge is 0.381 e. The standard InChI is InChI=1S/C14H30N2O/c1-14(2,3)13(15)7-9-16-8-4-10-17-11-12-5-6-12/h12-13,16H,4-11,15H2,1-3H3. The van der Waals surface area contributed by atoms with E-state index in [1.807, 2.05) is 0 Å². The third-order valence-electron chi connectivity index (χ3n) is 3.44. The Hall–Kier alpha value is -0.120. The Bertz CT molecular complexity index is 197. The van der Waals surface area contributed by atoms with Gasteiger partial charge in [-0.25, -0.2) is 0 Å². The van der Waals surface area contributed by atoms with E-state index in [1.165, 1.54) is 12.8 Å². The minimum Gasteiger partial charge on any atom is -0.381 e. The van der Waals surface area contributed by atoms with E-state index < -0.39 is 0 Å². The normalized spacial score (nSPS) is 18.4. The van der Waals surface area contributed by atoms with Crippen molar-refractivity contribution >= 4 is 0 Å². The van der Waals surface area contributed by atoms with E-state index in [-0.39, 0.29) is 11.5 Å². The molecule has 0 saturated heterocycles. The van der Waals surface area contributed by atoms with Gasteiger partial charge in [0.05, 0.1) is 0 Å². The number of hydrogen-bond donors (Lipinski definition) is 2. The van der Waals surface area contributed by atoms with Crippen molar-refractivity contribution in [1.29, 1.82) is 0 Å². The van der Waals surface area contributed by atoms with Crippen LogP contribution in [0.25, 0.3) is 0 Å². The fourth-order valence-corrected chi connectivity index (χ4v) is 1.65. The van der Waals surface area contributed by atoms with Crippen LogP contribution in [-0.2, 0) is 4.74 Å². The molecule has 0 aromatic rings. The van der Waals surface area contributed by atoms with Gasteiger partial charge in [0.1, 0.15) is 0 Å². The molecular weight excluding hydrogens is 212 g/mol. The van der Waals surface area contributed by atoms with Crippen molar-refractivity contribution in [2.45, 2.75) is 52.5 Å². The average Bonchev–Trinajstić information content (AvgIpc) is 3.04. The molecule has 1 unspecified atom stereocenters. The Morgan fingerprint density at radius 3 is 2.59 bits per heavy atom. The summed E-state index contributed by atoms with van der Waals surface area (Å²) in [4.78, 5) is 0. The highest BCUT2D eigenvalue weighted by atomic mass is 16.5. The maximum atomic E-state index is 6.09. The van der Waals surface area contributed by atoms with Gasteiger partial charge in [-0.2, -0.15) is 0 Å². The summed E-state index contributed by atoms with van der Waals surface area (Å²) in [5.41, 5.74) is 6.31. The molecule has 3 heteroatoms. The Morgan fingerprint density at radius 2 is 2.00 bits per heavy atom. The van der Waals surface area contributed by atoms with Crippen molar-refractivity contribution in [3.63, 3.8) is 0 Å². The van der Waals surface area contributed by atoms with Crippen molar-refractivity contribution in [1.82, 2.24) is 5.32 Å². The van der Waals surface area contributed by atoms with Crippen LogP contribution in [0.1, 0.15) is 46.5 Å². The highest BCUT2D eigenvalue weighted by molar-refractivity contribution is 4.77. The van der Waals surface area contributed by atoms with Gasteiger partial charge < -0.3 is 15.8 Å². The summed E-state index contributed by atoms with van der Waals surface area (Å²) in [6, 6.07) is 0.279. The van der Waals surface area contributed by atoms with E-state index in [0.717, 1.165) is 45.1 Å². The maximum Gasteiger partial charge on any atom is 0.0494 e. The average molecular weight is 242 g/mol. The van der Waals surface area contributed by atoms with Crippen LogP contribution >= 0.6 is 0 Å². The van der Waals surface area contributed by atoms with Crippen LogP contribution in [0.4, 0.5) is 0 Å². The first-order valence-electron chi connectivity index (χ1n) is 7.04. The molecule has 0 spiro atoms. The van der Waals surface area contributed by atoms with Crippen LogP contribution in [0.5, 0.6) is 0 Å². The summed E-state index contributed by atoms with van der Waals surface area (Å²) in [5.74, 6) is 0.882. The molecule has 1 aliphatic carbocycles. The summed E-state index contributed by atoms with van der Waals surface area (Å²) < 4.78 is 5.57. The maximum absolute atomic E-state index is 6.09. The molecule has 3 N–H and O–H groups in total. The van der Waals surface area contributed by atoms with Gasteiger partial charge in [0.2, 0.25) is 0 Å². The van der Waals surface area contributed by atoms with Crippen molar-refractivity contribution < 1.29 is 4.74 Å². The van der Waals surface area contributed by atoms with Crippen molar-refractivity contribution in [3.8, 4) is 0 Å². The molecular formula is C14H30N2O. The van der Waals surface area contributed by atoms with Gasteiger partial charge in [-0.05, 0) is 50.1 Å². The summed E-state index contributed by atoms with van der Waals surface area (Å²) >= 11 is 0. The highest BCUT2D eigenvalue weighted by Crippen LogP contribution is 2.28. The Morgan fingerprint density at radius 1 is 1.29 bits per heavy atom. The number of nitrogens with one attached hydrogen (secondary N) is 1. The van der Waals surface area contributed by atoms with Crippen LogP contribution < -0.4 is 11.1 Å². The molecule has 0 aliphatic heterocycles. The lowest BCUT2D eigenvalue weighted by atomic mass is 9.85. The van der Waals surface area contributed by atoms with Gasteiger partial charge in [-0.3, -0.25) is 0 Å². The fourth-order valence-electron chi connectivity index (χ4n) is 1.65. The van der Waals surface area contributed by atoms with Crippen LogP contribution in [0.15, 0.2) is 0 Å². The monoisotopic (exact) mass is 242 g/mol. The molecule has 1 atom stereocenters. The van der Waals surface area contributed by atoms with E-state index in [9.17, 15) is 0 Å². The lowest BCUT2D eigenvalue weighted by Crippen LogP contribution is -2.37. The predicted molar refractivity (Wildman–Crippen MR) is 73.1 cm³/mol. The first-order valence-corrected chi connectivity index (χ1v) is 7.04. The molecule has 102 valence electrons. The molecule has 0 aromatic heterocycles. The zero-order chi connectivity index (χ0) is 12.7. The van der Waals surface area contributed by atoms with Crippen LogP contribution in [-0.4, -0.2) is 32.3 Å². The van der Waals surface area contributed by atoms with Crippen LogP contribution in [0.2, 0.25) is 0 Å². The second-order valence-corrected chi connectivity index (χ2v) is 6.38. The van der Waals surface area contributed by atoms with Gasteiger partial charge in [0, 0.05) is 19.3 Å². The van der Waals surface area contributed by atoms with E-state index >= 15 is 0 Å². The topological polar surface area (TPSA) is 47.3 Å². The minimum atomic E-state index is 0.217. The third-order valence-corrected chi connectivity index (χ3v) is 3.44. The minimum absolute atomic E-state index is 0.217. The second kappa shape index (κ2) is 7.34. The van der Waals surface area contributed by atoms with Gasteiger partial charge in [-0.1, -0.05) is 20.8 Å². The third kappa shape index (κ3) is 7.74. The summed E-state index contributed by atoms with van der Waals surface area (Å²) in [5, 5.41) is 3.43. The van der Waals surface area contributed by atoms with Crippen molar-refractivity contribution in [2.24, 2.45) is 17.1 Å². The Labute approximate surface area is 106 Å². The number of ether oxygens (including phenoxy) is 1. The molecule has 0 amide bonds. The number of hydrogen-bond acceptors (Lipinski definition) is 3. The molecule has 0 aromatic carbocycles.